The molecule has 0 aromatic carbocycles. The highest BCUT2D eigenvalue weighted by atomic mass is 79.9. The second kappa shape index (κ2) is 4.15. The molecule has 0 atom stereocenters. The van der Waals surface area contributed by atoms with Crippen LogP contribution in [0.3, 0.4) is 0 Å². The molecule has 0 fully saturated rings. The number of rotatable bonds is 1. The van der Waals surface area contributed by atoms with Gasteiger partial charge in [-0.1, -0.05) is 12.2 Å². The Kier molecular flexibility index (Phi) is 2.65. The molecule has 3 heteroatoms. The summed E-state index contributed by atoms with van der Waals surface area (Å²) in [6, 6.07) is 2.18. The molecule has 1 aliphatic carbocycles. The molecule has 0 bridgehead atoms. The largest absolute Gasteiger partial charge is 0.313 e. The third-order valence-corrected chi connectivity index (χ3v) is 3.57. The van der Waals surface area contributed by atoms with E-state index in [-0.39, 0.29) is 0 Å². The van der Waals surface area contributed by atoms with E-state index in [1.165, 1.54) is 22.4 Å². The average Bonchev–Trinajstić information content (AvgIpc) is 2.73. The molecule has 1 N–H and O–H groups in total. The monoisotopic (exact) mass is 276 g/mol. The third-order valence-electron chi connectivity index (χ3n) is 3.14. The van der Waals surface area contributed by atoms with E-state index >= 15 is 0 Å². The Morgan fingerprint density at radius 3 is 3.06 bits per heavy atom. The number of nitrogens with zero attached hydrogens (tertiary/aromatic N) is 1. The molecule has 1 aromatic heterocycles. The van der Waals surface area contributed by atoms with Crippen LogP contribution in [0.25, 0.3) is 5.57 Å². The van der Waals surface area contributed by atoms with Gasteiger partial charge < -0.3 is 5.32 Å². The van der Waals surface area contributed by atoms with E-state index in [4.69, 9.17) is 0 Å². The first-order valence-electron chi connectivity index (χ1n) is 5.59. The zero-order chi connectivity index (χ0) is 11.0. The smallest absolute Gasteiger partial charge is 0.0520 e. The summed E-state index contributed by atoms with van der Waals surface area (Å²) in [7, 11) is 0. The lowest BCUT2D eigenvalue weighted by atomic mass is 9.96. The van der Waals surface area contributed by atoms with E-state index in [9.17, 15) is 0 Å². The first-order valence-corrected chi connectivity index (χ1v) is 6.39. The van der Waals surface area contributed by atoms with Gasteiger partial charge >= 0.3 is 0 Å². The molecule has 0 unspecified atom stereocenters. The van der Waals surface area contributed by atoms with Crippen LogP contribution in [0.4, 0.5) is 0 Å². The molecule has 2 nitrogen and oxygen atoms in total. The first-order chi connectivity index (χ1) is 7.84. The predicted octanol–water partition coefficient (Wildman–Crippen LogP) is 2.70. The number of halogens is 1. The fraction of sp³-hybridized carbons (Fsp3) is 0.308. The van der Waals surface area contributed by atoms with Crippen LogP contribution in [0, 0.1) is 0 Å². The lowest BCUT2D eigenvalue weighted by molar-refractivity contribution is 0.715. The normalized spacial score (nSPS) is 19.1. The second-order valence-electron chi connectivity index (χ2n) is 4.15. The SMILES string of the molecule is Brc1cnc2c(c1)C(C1=CCNCC1)=CC2. The van der Waals surface area contributed by atoms with Crippen molar-refractivity contribution in [2.45, 2.75) is 12.8 Å². The minimum atomic E-state index is 0.975. The van der Waals surface area contributed by atoms with Crippen LogP contribution in [0.15, 0.2) is 34.5 Å². The summed E-state index contributed by atoms with van der Waals surface area (Å²) in [6.45, 7) is 2.07. The Bertz CT molecular complexity index is 489. The topological polar surface area (TPSA) is 24.9 Å². The molecule has 0 saturated heterocycles. The maximum Gasteiger partial charge on any atom is 0.0520 e. The van der Waals surface area contributed by atoms with Crippen molar-refractivity contribution in [1.82, 2.24) is 10.3 Å². The summed E-state index contributed by atoms with van der Waals surface area (Å²) in [5, 5.41) is 3.35. The summed E-state index contributed by atoms with van der Waals surface area (Å²) < 4.78 is 1.06. The molecule has 0 saturated carbocycles. The van der Waals surface area contributed by atoms with Crippen molar-refractivity contribution in [3.63, 3.8) is 0 Å². The van der Waals surface area contributed by atoms with Gasteiger partial charge in [0.2, 0.25) is 0 Å². The van der Waals surface area contributed by atoms with Gasteiger partial charge in [-0.2, -0.15) is 0 Å². The van der Waals surface area contributed by atoms with Crippen LogP contribution < -0.4 is 5.32 Å². The van der Waals surface area contributed by atoms with Gasteiger partial charge in [-0.15, -0.1) is 0 Å². The highest BCUT2D eigenvalue weighted by Crippen LogP contribution is 2.34. The van der Waals surface area contributed by atoms with E-state index in [0.29, 0.717) is 0 Å². The molecule has 1 aliphatic heterocycles. The van der Waals surface area contributed by atoms with Crippen molar-refractivity contribution in [3.05, 3.63) is 45.7 Å². The van der Waals surface area contributed by atoms with Gasteiger partial charge in [0, 0.05) is 29.2 Å². The van der Waals surface area contributed by atoms with Crippen LogP contribution in [0.1, 0.15) is 17.7 Å². The summed E-state index contributed by atoms with van der Waals surface area (Å²) in [5.41, 5.74) is 5.38. The standard InChI is InChI=1S/C13H13BrN2/c14-10-7-12-11(1-2-13(12)16-8-10)9-3-5-15-6-4-9/h1,3,7-8,15H,2,4-6H2. The number of fused-ring (bicyclic) bond motifs is 1. The van der Waals surface area contributed by atoms with Gasteiger partial charge in [0.05, 0.1) is 5.69 Å². The Balaban J connectivity index is 2.01. The molecule has 2 heterocycles. The summed E-state index contributed by atoms with van der Waals surface area (Å²) in [5.74, 6) is 0. The molecule has 0 spiro atoms. The predicted molar refractivity (Wildman–Crippen MR) is 69.2 cm³/mol. The van der Waals surface area contributed by atoms with Crippen LogP contribution in [-0.4, -0.2) is 18.1 Å². The highest BCUT2D eigenvalue weighted by Gasteiger charge is 2.19. The number of hydrogen-bond acceptors (Lipinski definition) is 2. The van der Waals surface area contributed by atoms with Gasteiger partial charge in [0.1, 0.15) is 0 Å². The van der Waals surface area contributed by atoms with E-state index < -0.39 is 0 Å². The quantitative estimate of drug-likeness (QED) is 0.853. The lowest BCUT2D eigenvalue weighted by Gasteiger charge is -2.16. The van der Waals surface area contributed by atoms with Crippen LogP contribution in [-0.2, 0) is 6.42 Å². The van der Waals surface area contributed by atoms with Crippen molar-refractivity contribution in [2.24, 2.45) is 0 Å². The zero-order valence-electron chi connectivity index (χ0n) is 8.96. The van der Waals surface area contributed by atoms with Gasteiger partial charge in [-0.3, -0.25) is 4.98 Å². The Labute approximate surface area is 104 Å². The molecule has 82 valence electrons. The maximum absolute atomic E-state index is 4.46. The summed E-state index contributed by atoms with van der Waals surface area (Å²) in [4.78, 5) is 4.46. The number of aromatic nitrogens is 1. The van der Waals surface area contributed by atoms with Gasteiger partial charge in [0.15, 0.2) is 0 Å². The van der Waals surface area contributed by atoms with Crippen molar-refractivity contribution < 1.29 is 0 Å². The van der Waals surface area contributed by atoms with Crippen LogP contribution in [0.5, 0.6) is 0 Å². The fourth-order valence-corrected chi connectivity index (χ4v) is 2.67. The summed E-state index contributed by atoms with van der Waals surface area (Å²) >= 11 is 3.49. The average molecular weight is 277 g/mol. The van der Waals surface area contributed by atoms with Crippen molar-refractivity contribution in [3.8, 4) is 0 Å². The molecule has 0 amide bonds. The molecular weight excluding hydrogens is 264 g/mol. The maximum atomic E-state index is 4.46. The fourth-order valence-electron chi connectivity index (χ4n) is 2.34. The number of pyridine rings is 1. The molecule has 3 rings (SSSR count). The third kappa shape index (κ3) is 1.74. The Morgan fingerprint density at radius 1 is 1.31 bits per heavy atom. The van der Waals surface area contributed by atoms with Crippen molar-refractivity contribution in [2.75, 3.05) is 13.1 Å². The minimum Gasteiger partial charge on any atom is -0.313 e. The molecule has 0 radical (unpaired) electrons. The van der Waals surface area contributed by atoms with E-state index in [2.05, 4.69) is 44.4 Å². The minimum absolute atomic E-state index is 0.975. The van der Waals surface area contributed by atoms with Gasteiger partial charge in [-0.05, 0) is 46.1 Å². The van der Waals surface area contributed by atoms with Gasteiger partial charge in [-0.25, -0.2) is 0 Å². The molecule has 1 aromatic rings. The van der Waals surface area contributed by atoms with Crippen molar-refractivity contribution in [1.29, 1.82) is 0 Å². The first kappa shape index (κ1) is 10.2. The second-order valence-corrected chi connectivity index (χ2v) is 5.07. The Hall–Kier alpha value is -0.930. The molecular formula is C13H13BrN2. The van der Waals surface area contributed by atoms with E-state index in [0.717, 1.165) is 30.4 Å². The number of hydrogen-bond donors (Lipinski definition) is 1. The number of allylic oxidation sites excluding steroid dienone is 2. The molecule has 16 heavy (non-hydrogen) atoms. The van der Waals surface area contributed by atoms with E-state index in [1.54, 1.807) is 0 Å². The number of nitrogens with one attached hydrogen (secondary N) is 1. The van der Waals surface area contributed by atoms with Gasteiger partial charge in [0.25, 0.3) is 0 Å². The zero-order valence-corrected chi connectivity index (χ0v) is 10.5. The highest BCUT2D eigenvalue weighted by molar-refractivity contribution is 9.10. The molecule has 2 aliphatic rings. The lowest BCUT2D eigenvalue weighted by Crippen LogP contribution is -2.20. The van der Waals surface area contributed by atoms with Crippen molar-refractivity contribution >= 4 is 21.5 Å². The van der Waals surface area contributed by atoms with Crippen LogP contribution >= 0.6 is 15.9 Å². The van der Waals surface area contributed by atoms with E-state index in [1.807, 2.05) is 6.20 Å². The Morgan fingerprint density at radius 2 is 2.25 bits per heavy atom. The van der Waals surface area contributed by atoms with Crippen LogP contribution in [0.2, 0.25) is 0 Å². The summed E-state index contributed by atoms with van der Waals surface area (Å²) in [6.07, 6.45) is 8.58.